The number of anilines is 1. The number of rotatable bonds is 5. The van der Waals surface area contributed by atoms with E-state index in [0.29, 0.717) is 36.9 Å². The predicted molar refractivity (Wildman–Crippen MR) is 168 cm³/mol. The molecular formula is C29H32Cl2N6O2S2. The molecule has 0 radical (unpaired) electrons. The Morgan fingerprint density at radius 2 is 1.88 bits per heavy atom. The van der Waals surface area contributed by atoms with Gasteiger partial charge in [0.1, 0.15) is 15.2 Å². The second-order valence-corrected chi connectivity index (χ2v) is 15.7. The van der Waals surface area contributed by atoms with E-state index >= 15 is 0 Å². The average molecular weight is 632 g/mol. The SMILES string of the molecule is Cn1c(N2CCC3(CC2)Cc2ccccc2[C@H]3N[S+]([O-])C(C)(C)C)nc2[nH]nc(Sc3cccc(Cl)c3Cl)c2c1=O. The van der Waals surface area contributed by atoms with Crippen LogP contribution >= 0.6 is 35.0 Å². The van der Waals surface area contributed by atoms with Crippen LogP contribution in [0.1, 0.15) is 50.8 Å². The number of hydrogen-bond acceptors (Lipinski definition) is 7. The Morgan fingerprint density at radius 3 is 2.61 bits per heavy atom. The first-order chi connectivity index (χ1) is 19.5. The molecule has 0 saturated carbocycles. The molecule has 41 heavy (non-hydrogen) atoms. The molecule has 8 nitrogen and oxygen atoms in total. The molecule has 0 bridgehead atoms. The minimum Gasteiger partial charge on any atom is -0.598 e. The van der Waals surface area contributed by atoms with Gasteiger partial charge in [-0.3, -0.25) is 14.5 Å². The third-order valence-corrected chi connectivity index (χ3v) is 11.8. The summed E-state index contributed by atoms with van der Waals surface area (Å²) in [5.41, 5.74) is 2.77. The van der Waals surface area contributed by atoms with E-state index in [1.165, 1.54) is 22.9 Å². The van der Waals surface area contributed by atoms with Crippen molar-refractivity contribution in [2.24, 2.45) is 12.5 Å². The Morgan fingerprint density at radius 1 is 1.15 bits per heavy atom. The van der Waals surface area contributed by atoms with Crippen LogP contribution in [0.4, 0.5) is 5.95 Å². The highest BCUT2D eigenvalue weighted by Gasteiger charge is 2.50. The van der Waals surface area contributed by atoms with Gasteiger partial charge in [-0.2, -0.15) is 10.1 Å². The fourth-order valence-electron chi connectivity index (χ4n) is 5.93. The second kappa shape index (κ2) is 10.8. The summed E-state index contributed by atoms with van der Waals surface area (Å²) in [4.78, 5) is 21.3. The Bertz CT molecular complexity index is 1680. The van der Waals surface area contributed by atoms with Crippen LogP contribution in [0.15, 0.2) is 57.2 Å². The number of benzene rings is 2. The third-order valence-electron chi connectivity index (χ3n) is 8.21. The number of aromatic nitrogens is 4. The maximum absolute atomic E-state index is 13.6. The van der Waals surface area contributed by atoms with E-state index in [1.54, 1.807) is 17.7 Å². The lowest BCUT2D eigenvalue weighted by Gasteiger charge is -2.44. The smallest absolute Gasteiger partial charge is 0.266 e. The van der Waals surface area contributed by atoms with E-state index in [4.69, 9.17) is 28.2 Å². The molecule has 0 amide bonds. The molecule has 1 aliphatic carbocycles. The van der Waals surface area contributed by atoms with Crippen molar-refractivity contribution in [3.05, 3.63) is 74.0 Å². The zero-order valence-electron chi connectivity index (χ0n) is 23.3. The fourth-order valence-corrected chi connectivity index (χ4v) is 8.27. The van der Waals surface area contributed by atoms with E-state index in [1.807, 2.05) is 32.9 Å². The molecular weight excluding hydrogens is 599 g/mol. The minimum absolute atomic E-state index is 0.00525. The van der Waals surface area contributed by atoms with Gasteiger partial charge < -0.3 is 9.45 Å². The summed E-state index contributed by atoms with van der Waals surface area (Å²) >= 11 is 12.7. The highest BCUT2D eigenvalue weighted by molar-refractivity contribution is 7.99. The summed E-state index contributed by atoms with van der Waals surface area (Å²) in [5.74, 6) is 0.608. The Balaban J connectivity index is 1.27. The number of aromatic amines is 1. The van der Waals surface area contributed by atoms with Gasteiger partial charge in [-0.1, -0.05) is 65.3 Å². The predicted octanol–water partition coefficient (Wildman–Crippen LogP) is 6.05. The van der Waals surface area contributed by atoms with Gasteiger partial charge in [-0.05, 0) is 63.3 Å². The highest BCUT2D eigenvalue weighted by atomic mass is 35.5. The molecule has 3 heterocycles. The van der Waals surface area contributed by atoms with Gasteiger partial charge in [0.15, 0.2) is 5.65 Å². The summed E-state index contributed by atoms with van der Waals surface area (Å²) in [6, 6.07) is 13.9. The molecule has 2 N–H and O–H groups in total. The van der Waals surface area contributed by atoms with Crippen LogP contribution in [0.2, 0.25) is 10.0 Å². The first-order valence-electron chi connectivity index (χ1n) is 13.6. The van der Waals surface area contributed by atoms with Crippen LogP contribution < -0.4 is 15.2 Å². The van der Waals surface area contributed by atoms with Gasteiger partial charge in [0.25, 0.3) is 5.56 Å². The molecule has 4 aromatic rings. The van der Waals surface area contributed by atoms with Crippen LogP contribution in [0.25, 0.3) is 11.0 Å². The van der Waals surface area contributed by atoms with Crippen molar-refractivity contribution in [2.75, 3.05) is 18.0 Å². The topological polar surface area (TPSA) is 102 Å². The Labute approximate surface area is 256 Å². The molecule has 2 aromatic heterocycles. The molecule has 12 heteroatoms. The van der Waals surface area contributed by atoms with Gasteiger partial charge in [0, 0.05) is 41.8 Å². The number of hydrogen-bond donors (Lipinski definition) is 2. The van der Waals surface area contributed by atoms with Gasteiger partial charge in [0.2, 0.25) is 5.95 Å². The van der Waals surface area contributed by atoms with Gasteiger partial charge in [-0.25, -0.2) is 0 Å². The Kier molecular flexibility index (Phi) is 7.62. The Hall–Kier alpha value is -2.21. The standard InChI is InChI=1S/C29H32Cl2N6O2S2/c1-28(2,3)41(39)35-23-18-9-6-5-8-17(18)16-29(23)12-14-37(15-13-29)27-32-24-21(26(38)36(27)4)25(34-33-24)40-20-11-7-10-19(30)22(20)31/h5-11,23,35H,12-16H2,1-4H3,(H,33,34)/t23-,41?/m1/s1. The molecule has 1 fully saturated rings. The van der Waals surface area contributed by atoms with E-state index in [9.17, 15) is 9.35 Å². The number of nitrogens with zero attached hydrogens (tertiary/aromatic N) is 4. The fraction of sp³-hybridized carbons (Fsp3) is 0.414. The normalized spacial score (nSPS) is 19.2. The number of H-pyrrole nitrogens is 1. The molecule has 1 spiro atoms. The second-order valence-electron chi connectivity index (χ2n) is 11.8. The van der Waals surface area contributed by atoms with Crippen molar-refractivity contribution in [2.45, 2.75) is 60.7 Å². The highest BCUT2D eigenvalue weighted by Crippen LogP contribution is 2.53. The average Bonchev–Trinajstić information content (AvgIpc) is 3.47. The van der Waals surface area contributed by atoms with Gasteiger partial charge in [0.05, 0.1) is 16.1 Å². The lowest BCUT2D eigenvalue weighted by atomic mass is 9.73. The lowest BCUT2D eigenvalue weighted by molar-refractivity contribution is 0.175. The maximum atomic E-state index is 13.6. The van der Waals surface area contributed by atoms with E-state index in [-0.39, 0.29) is 21.8 Å². The summed E-state index contributed by atoms with van der Waals surface area (Å²) < 4.78 is 18.0. The van der Waals surface area contributed by atoms with Crippen molar-refractivity contribution in [1.29, 1.82) is 0 Å². The molecule has 6 rings (SSSR count). The van der Waals surface area contributed by atoms with E-state index in [2.05, 4.69) is 44.1 Å². The van der Waals surface area contributed by atoms with Crippen LogP contribution in [0, 0.1) is 5.41 Å². The zero-order valence-corrected chi connectivity index (χ0v) is 26.5. The van der Waals surface area contributed by atoms with Gasteiger partial charge in [-0.15, -0.1) is 4.72 Å². The first-order valence-corrected chi connectivity index (χ1v) is 16.3. The summed E-state index contributed by atoms with van der Waals surface area (Å²) in [7, 11) is 1.75. The van der Waals surface area contributed by atoms with Crippen molar-refractivity contribution in [3.63, 3.8) is 0 Å². The molecule has 2 aromatic carbocycles. The van der Waals surface area contributed by atoms with Crippen molar-refractivity contribution < 1.29 is 4.55 Å². The first kappa shape index (κ1) is 28.9. The van der Waals surface area contributed by atoms with Crippen LogP contribution in [0.5, 0.6) is 0 Å². The summed E-state index contributed by atoms with van der Waals surface area (Å²) in [6.07, 6.45) is 2.70. The largest absolute Gasteiger partial charge is 0.598 e. The quantitative estimate of drug-likeness (QED) is 0.259. The summed E-state index contributed by atoms with van der Waals surface area (Å²) in [5, 5.41) is 9.14. The van der Waals surface area contributed by atoms with E-state index < -0.39 is 11.4 Å². The van der Waals surface area contributed by atoms with Crippen LogP contribution in [-0.4, -0.2) is 42.1 Å². The molecule has 2 aliphatic rings. The number of nitrogens with one attached hydrogen (secondary N) is 2. The van der Waals surface area contributed by atoms with Crippen molar-refractivity contribution in [3.8, 4) is 0 Å². The molecule has 216 valence electrons. The van der Waals surface area contributed by atoms with E-state index in [0.717, 1.165) is 32.4 Å². The maximum Gasteiger partial charge on any atom is 0.266 e. The van der Waals surface area contributed by atoms with Gasteiger partial charge >= 0.3 is 0 Å². The number of piperidine rings is 1. The van der Waals surface area contributed by atoms with Crippen molar-refractivity contribution in [1.82, 2.24) is 24.5 Å². The number of halogens is 2. The monoisotopic (exact) mass is 630 g/mol. The minimum atomic E-state index is -1.19. The molecule has 2 atom stereocenters. The molecule has 1 saturated heterocycles. The third kappa shape index (κ3) is 5.17. The zero-order chi connectivity index (χ0) is 29.1. The molecule has 1 unspecified atom stereocenters. The summed E-state index contributed by atoms with van der Waals surface area (Å²) in [6.45, 7) is 7.45. The van der Waals surface area contributed by atoms with Crippen LogP contribution in [0.3, 0.4) is 0 Å². The molecule has 1 aliphatic heterocycles. The van der Waals surface area contributed by atoms with Crippen molar-refractivity contribution >= 4 is 63.3 Å². The van der Waals surface area contributed by atoms with Crippen LogP contribution in [-0.2, 0) is 24.8 Å². The number of fused-ring (bicyclic) bond motifs is 2. The lowest BCUT2D eigenvalue weighted by Crippen LogP contribution is -2.50.